The van der Waals surface area contributed by atoms with Crippen molar-refractivity contribution in [3.63, 3.8) is 0 Å². The quantitative estimate of drug-likeness (QED) is 0.774. The van der Waals surface area contributed by atoms with E-state index in [0.29, 0.717) is 5.69 Å². The summed E-state index contributed by atoms with van der Waals surface area (Å²) in [6.45, 7) is 2.92. The van der Waals surface area contributed by atoms with Gasteiger partial charge in [0, 0.05) is 6.92 Å². The number of benzene rings is 1. The number of carbonyl (C=O) groups is 1. The van der Waals surface area contributed by atoms with E-state index < -0.39 is 9.84 Å². The van der Waals surface area contributed by atoms with Crippen molar-refractivity contribution in [1.29, 1.82) is 0 Å². The van der Waals surface area contributed by atoms with Crippen LogP contribution in [0.1, 0.15) is 13.8 Å². The maximum atomic E-state index is 11.5. The SMILES string of the molecule is CCS(=O)(=O)c1ccc(NC(C)=O)c(N)c1. The van der Waals surface area contributed by atoms with Crippen LogP contribution in [0.25, 0.3) is 0 Å². The van der Waals surface area contributed by atoms with E-state index in [4.69, 9.17) is 5.73 Å². The van der Waals surface area contributed by atoms with E-state index in [9.17, 15) is 13.2 Å². The Labute approximate surface area is 94.6 Å². The second-order valence-corrected chi connectivity index (χ2v) is 5.61. The van der Waals surface area contributed by atoms with Gasteiger partial charge in [-0.15, -0.1) is 0 Å². The largest absolute Gasteiger partial charge is 0.397 e. The average Bonchev–Trinajstić information content (AvgIpc) is 2.20. The summed E-state index contributed by atoms with van der Waals surface area (Å²) in [7, 11) is -3.26. The molecule has 0 aliphatic heterocycles. The van der Waals surface area contributed by atoms with Crippen molar-refractivity contribution in [2.24, 2.45) is 0 Å². The highest BCUT2D eigenvalue weighted by Crippen LogP contribution is 2.23. The van der Waals surface area contributed by atoms with Crippen LogP contribution in [0.3, 0.4) is 0 Å². The Morgan fingerprint density at radius 2 is 2.06 bits per heavy atom. The van der Waals surface area contributed by atoms with Crippen LogP contribution in [-0.4, -0.2) is 20.1 Å². The third kappa shape index (κ3) is 2.73. The van der Waals surface area contributed by atoms with Crippen molar-refractivity contribution in [2.75, 3.05) is 16.8 Å². The molecular weight excluding hydrogens is 228 g/mol. The first-order chi connectivity index (χ1) is 7.36. The van der Waals surface area contributed by atoms with Gasteiger partial charge in [0.15, 0.2) is 9.84 Å². The molecule has 0 saturated carbocycles. The zero-order valence-corrected chi connectivity index (χ0v) is 9.97. The maximum absolute atomic E-state index is 11.5. The van der Waals surface area contributed by atoms with Crippen molar-refractivity contribution in [3.8, 4) is 0 Å². The third-order valence-corrected chi connectivity index (χ3v) is 3.81. The van der Waals surface area contributed by atoms with Gasteiger partial charge in [0.25, 0.3) is 0 Å². The maximum Gasteiger partial charge on any atom is 0.221 e. The number of amides is 1. The van der Waals surface area contributed by atoms with E-state index in [1.807, 2.05) is 0 Å². The molecule has 0 spiro atoms. The molecule has 88 valence electrons. The Morgan fingerprint density at radius 3 is 2.50 bits per heavy atom. The van der Waals surface area contributed by atoms with Gasteiger partial charge >= 0.3 is 0 Å². The van der Waals surface area contributed by atoms with E-state index in [2.05, 4.69) is 5.32 Å². The second kappa shape index (κ2) is 4.52. The van der Waals surface area contributed by atoms with Crippen molar-refractivity contribution in [1.82, 2.24) is 0 Å². The summed E-state index contributed by atoms with van der Waals surface area (Å²) in [5.41, 5.74) is 6.30. The average molecular weight is 242 g/mol. The first-order valence-corrected chi connectivity index (χ1v) is 6.42. The standard InChI is InChI=1S/C10H14N2O3S/c1-3-16(14,15)8-4-5-10(9(11)6-8)12-7(2)13/h4-6H,3,11H2,1-2H3,(H,12,13). The van der Waals surface area contributed by atoms with Gasteiger partial charge in [0.05, 0.1) is 22.0 Å². The first-order valence-electron chi connectivity index (χ1n) is 4.76. The number of carbonyl (C=O) groups excluding carboxylic acids is 1. The first kappa shape index (κ1) is 12.5. The second-order valence-electron chi connectivity index (χ2n) is 3.33. The van der Waals surface area contributed by atoms with E-state index in [1.54, 1.807) is 6.92 Å². The highest BCUT2D eigenvalue weighted by molar-refractivity contribution is 7.91. The molecule has 0 aliphatic carbocycles. The molecule has 5 nitrogen and oxygen atoms in total. The molecule has 6 heteroatoms. The molecule has 1 aromatic rings. The minimum Gasteiger partial charge on any atom is -0.397 e. The Kier molecular flexibility index (Phi) is 3.54. The number of rotatable bonds is 3. The molecule has 3 N–H and O–H groups in total. The lowest BCUT2D eigenvalue weighted by atomic mass is 10.2. The van der Waals surface area contributed by atoms with E-state index in [1.165, 1.54) is 25.1 Å². The predicted octanol–water partition coefficient (Wildman–Crippen LogP) is 1.02. The zero-order valence-electron chi connectivity index (χ0n) is 9.15. The van der Waals surface area contributed by atoms with Gasteiger partial charge in [-0.25, -0.2) is 8.42 Å². The molecule has 0 atom stereocenters. The Morgan fingerprint density at radius 1 is 1.44 bits per heavy atom. The highest BCUT2D eigenvalue weighted by atomic mass is 32.2. The normalized spacial score (nSPS) is 11.1. The van der Waals surface area contributed by atoms with Crippen LogP contribution in [0.5, 0.6) is 0 Å². The lowest BCUT2D eigenvalue weighted by Crippen LogP contribution is -2.09. The summed E-state index contributed by atoms with van der Waals surface area (Å²) in [4.78, 5) is 11.0. The molecule has 0 aliphatic rings. The molecule has 0 heterocycles. The van der Waals surface area contributed by atoms with Gasteiger partial charge in [-0.1, -0.05) is 6.92 Å². The fourth-order valence-corrected chi connectivity index (χ4v) is 2.12. The fourth-order valence-electron chi connectivity index (χ4n) is 1.20. The van der Waals surface area contributed by atoms with Gasteiger partial charge in [-0.05, 0) is 18.2 Å². The predicted molar refractivity (Wildman–Crippen MR) is 62.9 cm³/mol. The monoisotopic (exact) mass is 242 g/mol. The zero-order chi connectivity index (χ0) is 12.3. The summed E-state index contributed by atoms with van der Waals surface area (Å²) in [5.74, 6) is -0.232. The van der Waals surface area contributed by atoms with Crippen molar-refractivity contribution in [2.45, 2.75) is 18.7 Å². The number of hydrogen-bond donors (Lipinski definition) is 2. The summed E-state index contributed by atoms with van der Waals surface area (Å²) >= 11 is 0. The third-order valence-electron chi connectivity index (χ3n) is 2.07. The summed E-state index contributed by atoms with van der Waals surface area (Å²) in [5, 5.41) is 2.51. The number of anilines is 2. The lowest BCUT2D eigenvalue weighted by Gasteiger charge is -2.08. The molecule has 1 aromatic carbocycles. The van der Waals surface area contributed by atoms with E-state index >= 15 is 0 Å². The minimum atomic E-state index is -3.26. The molecule has 0 unspecified atom stereocenters. The fraction of sp³-hybridized carbons (Fsp3) is 0.300. The van der Waals surface area contributed by atoms with E-state index in [0.717, 1.165) is 0 Å². The van der Waals surface area contributed by atoms with Gasteiger partial charge in [-0.2, -0.15) is 0 Å². The Balaban J connectivity index is 3.14. The molecular formula is C10H14N2O3S. The Bertz CT molecular complexity index is 509. The molecule has 0 fully saturated rings. The van der Waals surface area contributed by atoms with E-state index in [-0.39, 0.29) is 22.2 Å². The topological polar surface area (TPSA) is 89.3 Å². The molecule has 0 radical (unpaired) electrons. The van der Waals surface area contributed by atoms with Crippen LogP contribution in [0.4, 0.5) is 11.4 Å². The van der Waals surface area contributed by atoms with Crippen molar-refractivity contribution >= 4 is 27.1 Å². The van der Waals surface area contributed by atoms with Gasteiger partial charge in [0.1, 0.15) is 0 Å². The molecule has 1 amide bonds. The molecule has 0 saturated heterocycles. The smallest absolute Gasteiger partial charge is 0.221 e. The van der Waals surface area contributed by atoms with Crippen LogP contribution < -0.4 is 11.1 Å². The van der Waals surface area contributed by atoms with Crippen LogP contribution in [0, 0.1) is 0 Å². The van der Waals surface area contributed by atoms with Crippen molar-refractivity contribution in [3.05, 3.63) is 18.2 Å². The van der Waals surface area contributed by atoms with Crippen LogP contribution in [0.15, 0.2) is 23.1 Å². The summed E-state index contributed by atoms with van der Waals surface area (Å²) in [6, 6.07) is 4.27. The number of nitrogens with two attached hydrogens (primary N) is 1. The van der Waals surface area contributed by atoms with Crippen LogP contribution >= 0.6 is 0 Å². The van der Waals surface area contributed by atoms with Gasteiger partial charge in [-0.3, -0.25) is 4.79 Å². The number of nitrogens with one attached hydrogen (secondary N) is 1. The Hall–Kier alpha value is -1.56. The van der Waals surface area contributed by atoms with Crippen molar-refractivity contribution < 1.29 is 13.2 Å². The molecule has 16 heavy (non-hydrogen) atoms. The number of nitrogen functional groups attached to an aromatic ring is 1. The number of hydrogen-bond acceptors (Lipinski definition) is 4. The molecule has 0 bridgehead atoms. The van der Waals surface area contributed by atoms with Crippen LogP contribution in [-0.2, 0) is 14.6 Å². The lowest BCUT2D eigenvalue weighted by molar-refractivity contribution is -0.114. The van der Waals surface area contributed by atoms with Crippen LogP contribution in [0.2, 0.25) is 0 Å². The highest BCUT2D eigenvalue weighted by Gasteiger charge is 2.13. The summed E-state index contributed by atoms with van der Waals surface area (Å²) in [6.07, 6.45) is 0. The summed E-state index contributed by atoms with van der Waals surface area (Å²) < 4.78 is 23.1. The minimum absolute atomic E-state index is 0.0198. The molecule has 0 aromatic heterocycles. The van der Waals surface area contributed by atoms with Gasteiger partial charge < -0.3 is 11.1 Å². The number of sulfone groups is 1. The van der Waals surface area contributed by atoms with Gasteiger partial charge in [0.2, 0.25) is 5.91 Å². The molecule has 1 rings (SSSR count).